The summed E-state index contributed by atoms with van der Waals surface area (Å²) in [6.45, 7) is 1.99. The molecule has 2 aromatic rings. The molecule has 1 aromatic heterocycles. The third-order valence-corrected chi connectivity index (χ3v) is 5.79. The van der Waals surface area contributed by atoms with Crippen molar-refractivity contribution in [1.29, 1.82) is 0 Å². The van der Waals surface area contributed by atoms with Gasteiger partial charge in [-0.15, -0.1) is 22.8 Å². The standard InChI is InChI=1S/C13H17IN4O2S2/c1-3-4-11(12-15-16-13(21)18(12)2)17-22(19,20)10-7-5-9(14)6-8-10/h5-8,11,17H,3-4H2,1-2H3,(H,16,21). The number of benzene rings is 1. The Hall–Kier alpha value is -0.650. The van der Waals surface area contributed by atoms with Gasteiger partial charge in [0.25, 0.3) is 0 Å². The van der Waals surface area contributed by atoms with E-state index >= 15 is 0 Å². The summed E-state index contributed by atoms with van der Waals surface area (Å²) >= 11 is 6.32. The molecule has 0 amide bonds. The second-order valence-electron chi connectivity index (χ2n) is 4.83. The Kier molecular flexibility index (Phi) is 5.86. The van der Waals surface area contributed by atoms with Gasteiger partial charge in [0.1, 0.15) is 0 Å². The summed E-state index contributed by atoms with van der Waals surface area (Å²) in [6.07, 6.45) is 1.44. The van der Waals surface area contributed by atoms with Gasteiger partial charge in [-0.2, -0.15) is 0 Å². The summed E-state index contributed by atoms with van der Waals surface area (Å²) in [4.78, 5) is 0.238. The molecule has 1 unspecified atom stereocenters. The largest absolute Gasteiger partial charge is 0.308 e. The van der Waals surface area contributed by atoms with Crippen LogP contribution < -0.4 is 4.72 Å². The number of rotatable bonds is 6. The molecule has 0 aliphatic carbocycles. The van der Waals surface area contributed by atoms with E-state index in [0.717, 1.165) is 9.99 Å². The van der Waals surface area contributed by atoms with Gasteiger partial charge in [-0.25, -0.2) is 13.1 Å². The lowest BCUT2D eigenvalue weighted by atomic mass is 10.2. The highest BCUT2D eigenvalue weighted by molar-refractivity contribution is 14.1. The van der Waals surface area contributed by atoms with Crippen LogP contribution >= 0.6 is 35.2 Å². The van der Waals surface area contributed by atoms with Gasteiger partial charge in [-0.1, -0.05) is 13.3 Å². The van der Waals surface area contributed by atoms with Crippen molar-refractivity contribution in [3.63, 3.8) is 0 Å². The SMILES string of the molecule is CCCC(NS(=O)(=O)c1ccc(I)cc1)c1nnc(S)n1C. The highest BCUT2D eigenvalue weighted by Gasteiger charge is 2.24. The predicted molar refractivity (Wildman–Crippen MR) is 95.4 cm³/mol. The molecule has 0 spiro atoms. The maximum absolute atomic E-state index is 12.5. The van der Waals surface area contributed by atoms with Crippen LogP contribution in [0.1, 0.15) is 31.6 Å². The molecule has 1 N–H and O–H groups in total. The van der Waals surface area contributed by atoms with Crippen LogP contribution in [0.3, 0.4) is 0 Å². The predicted octanol–water partition coefficient (Wildman–Crippen LogP) is 2.53. The van der Waals surface area contributed by atoms with E-state index in [0.29, 0.717) is 17.4 Å². The molecular formula is C13H17IN4O2S2. The number of sulfonamides is 1. The third kappa shape index (κ3) is 4.00. The van der Waals surface area contributed by atoms with Crippen LogP contribution in [0.25, 0.3) is 0 Å². The van der Waals surface area contributed by atoms with E-state index in [9.17, 15) is 8.42 Å². The minimum Gasteiger partial charge on any atom is -0.308 e. The molecule has 0 bridgehead atoms. The fraction of sp³-hybridized carbons (Fsp3) is 0.385. The lowest BCUT2D eigenvalue weighted by molar-refractivity contribution is 0.505. The van der Waals surface area contributed by atoms with Crippen molar-refractivity contribution in [2.45, 2.75) is 35.9 Å². The quantitative estimate of drug-likeness (QED) is 0.522. The van der Waals surface area contributed by atoms with E-state index < -0.39 is 16.1 Å². The first-order chi connectivity index (χ1) is 10.3. The van der Waals surface area contributed by atoms with Crippen molar-refractivity contribution < 1.29 is 8.42 Å². The molecule has 0 saturated carbocycles. The minimum atomic E-state index is -3.61. The normalized spacial score (nSPS) is 13.3. The Morgan fingerprint density at radius 2 is 1.95 bits per heavy atom. The number of hydrogen-bond acceptors (Lipinski definition) is 5. The van der Waals surface area contributed by atoms with Crippen molar-refractivity contribution in [1.82, 2.24) is 19.5 Å². The lowest BCUT2D eigenvalue weighted by Gasteiger charge is -2.17. The number of halogens is 1. The molecule has 1 heterocycles. The molecular weight excluding hydrogens is 435 g/mol. The zero-order valence-electron chi connectivity index (χ0n) is 12.2. The summed E-state index contributed by atoms with van der Waals surface area (Å²) in [7, 11) is -1.85. The Morgan fingerprint density at radius 3 is 2.45 bits per heavy atom. The zero-order chi connectivity index (χ0) is 16.3. The molecule has 2 rings (SSSR count). The molecule has 0 fully saturated rings. The molecule has 1 atom stereocenters. The third-order valence-electron chi connectivity index (χ3n) is 3.20. The Labute approximate surface area is 149 Å². The minimum absolute atomic E-state index is 0.238. The molecule has 0 aliphatic rings. The molecule has 1 aromatic carbocycles. The first-order valence-corrected chi connectivity index (χ1v) is 9.72. The average Bonchev–Trinajstić information content (AvgIpc) is 2.79. The molecule has 0 aliphatic heterocycles. The first kappa shape index (κ1) is 17.7. The van der Waals surface area contributed by atoms with Crippen molar-refractivity contribution >= 4 is 45.2 Å². The molecule has 0 radical (unpaired) electrons. The van der Waals surface area contributed by atoms with Gasteiger partial charge < -0.3 is 4.57 Å². The van der Waals surface area contributed by atoms with Gasteiger partial charge >= 0.3 is 0 Å². The molecule has 120 valence electrons. The fourth-order valence-corrected chi connectivity index (χ4v) is 3.77. The molecule has 6 nitrogen and oxygen atoms in total. The van der Waals surface area contributed by atoms with Crippen molar-refractivity contribution in [2.24, 2.45) is 7.05 Å². The summed E-state index contributed by atoms with van der Waals surface area (Å²) in [5.41, 5.74) is 0. The summed E-state index contributed by atoms with van der Waals surface area (Å²) < 4.78 is 30.4. The summed E-state index contributed by atoms with van der Waals surface area (Å²) in [5.74, 6) is 0.556. The summed E-state index contributed by atoms with van der Waals surface area (Å²) in [6, 6.07) is 6.27. The molecule has 0 saturated heterocycles. The van der Waals surface area contributed by atoms with Gasteiger partial charge in [0.05, 0.1) is 10.9 Å². The average molecular weight is 452 g/mol. The van der Waals surface area contributed by atoms with Crippen molar-refractivity contribution in [3.8, 4) is 0 Å². The smallest absolute Gasteiger partial charge is 0.241 e. The van der Waals surface area contributed by atoms with E-state index in [-0.39, 0.29) is 4.90 Å². The van der Waals surface area contributed by atoms with E-state index in [1.54, 1.807) is 35.9 Å². The van der Waals surface area contributed by atoms with Gasteiger partial charge in [-0.3, -0.25) is 0 Å². The van der Waals surface area contributed by atoms with Crippen LogP contribution in [0.5, 0.6) is 0 Å². The van der Waals surface area contributed by atoms with E-state index in [4.69, 9.17) is 0 Å². The van der Waals surface area contributed by atoms with Crippen LogP contribution in [0.15, 0.2) is 34.3 Å². The lowest BCUT2D eigenvalue weighted by Crippen LogP contribution is -2.30. The first-order valence-electron chi connectivity index (χ1n) is 6.71. The van der Waals surface area contributed by atoms with Gasteiger partial charge in [0.15, 0.2) is 11.0 Å². The Morgan fingerprint density at radius 1 is 1.32 bits per heavy atom. The topological polar surface area (TPSA) is 76.9 Å². The van der Waals surface area contributed by atoms with E-state index in [1.165, 1.54) is 0 Å². The van der Waals surface area contributed by atoms with E-state index in [1.807, 2.05) is 6.92 Å². The maximum Gasteiger partial charge on any atom is 0.241 e. The number of nitrogens with zero attached hydrogens (tertiary/aromatic N) is 3. The Balaban J connectivity index is 2.31. The van der Waals surface area contributed by atoms with Crippen molar-refractivity contribution in [2.75, 3.05) is 0 Å². The monoisotopic (exact) mass is 452 g/mol. The van der Waals surface area contributed by atoms with Crippen LogP contribution in [-0.2, 0) is 17.1 Å². The fourth-order valence-electron chi connectivity index (χ4n) is 2.03. The second-order valence-corrected chi connectivity index (χ2v) is 8.19. The highest BCUT2D eigenvalue weighted by Crippen LogP contribution is 2.21. The number of hydrogen-bond donors (Lipinski definition) is 2. The van der Waals surface area contributed by atoms with Gasteiger partial charge in [-0.05, 0) is 53.3 Å². The number of aromatic nitrogens is 3. The van der Waals surface area contributed by atoms with Gasteiger partial charge in [0, 0.05) is 10.6 Å². The second kappa shape index (κ2) is 7.28. The molecule has 9 heteroatoms. The number of nitrogens with one attached hydrogen (secondary N) is 1. The van der Waals surface area contributed by atoms with Gasteiger partial charge in [0.2, 0.25) is 10.0 Å². The number of thiol groups is 1. The maximum atomic E-state index is 12.5. The zero-order valence-corrected chi connectivity index (χ0v) is 16.1. The molecule has 22 heavy (non-hydrogen) atoms. The summed E-state index contributed by atoms with van der Waals surface area (Å²) in [5, 5.41) is 8.36. The van der Waals surface area contributed by atoms with Crippen LogP contribution in [0.2, 0.25) is 0 Å². The van der Waals surface area contributed by atoms with Crippen LogP contribution in [0, 0.1) is 3.57 Å². The van der Waals surface area contributed by atoms with Crippen LogP contribution in [-0.4, -0.2) is 23.2 Å². The highest BCUT2D eigenvalue weighted by atomic mass is 127. The Bertz CT molecular complexity index is 744. The van der Waals surface area contributed by atoms with Crippen LogP contribution in [0.4, 0.5) is 0 Å². The van der Waals surface area contributed by atoms with E-state index in [2.05, 4.69) is 50.1 Å². The van der Waals surface area contributed by atoms with Crippen molar-refractivity contribution in [3.05, 3.63) is 33.7 Å².